The SMILES string of the molecule is CC/C=C\C/C=C\C/C=C\C/C=C\C/C=C\CCCCCC(=O)OC(COCCCCCCCCCCCCCC/C=C\C/C=C\CCCCCCC)COP(=O)(O)OCC(O)CO. The molecule has 10 heteroatoms. The highest BCUT2D eigenvalue weighted by Crippen LogP contribution is 2.43. The molecule has 0 radical (unpaired) electrons. The summed E-state index contributed by atoms with van der Waals surface area (Å²) in [6.45, 7) is 3.35. The van der Waals surface area contributed by atoms with E-state index in [-0.39, 0.29) is 13.0 Å². The normalized spacial score (nSPS) is 14.5. The van der Waals surface area contributed by atoms with E-state index in [1.807, 2.05) is 0 Å². The third-order valence-corrected chi connectivity index (χ3v) is 11.5. The summed E-state index contributed by atoms with van der Waals surface area (Å²) in [7, 11) is -4.54. The van der Waals surface area contributed by atoms with E-state index in [4.69, 9.17) is 23.6 Å². The molecule has 0 saturated heterocycles. The predicted molar refractivity (Wildman–Crippen MR) is 269 cm³/mol. The van der Waals surface area contributed by atoms with Gasteiger partial charge in [0.05, 0.1) is 26.4 Å². The number of esters is 1. The molecule has 3 atom stereocenters. The van der Waals surface area contributed by atoms with E-state index < -0.39 is 45.8 Å². The maximum absolute atomic E-state index is 12.7. The standard InChI is InChI=1S/C54H95O9P/c1-3-5-7-9-11-13-15-17-19-21-23-24-25-26-27-29-31-33-35-37-39-41-43-45-47-60-50-53(51-62-64(58,59)61-49-52(56)48-55)63-54(57)46-44-42-40-38-36-34-32-30-28-22-20-18-16-14-12-10-8-6-4-2/h6,8,12,14-15,17-18,20-21,23,28,30,34,36,52-53,55-56H,3-5,7,9-11,13,16,19,22,24-27,29,31-33,35,37-51H2,1-2H3,(H,58,59)/b8-6-,14-12-,17-15-,20-18-,23-21-,30-28-,36-34-. The molecular weight excluding hydrogens is 824 g/mol. The van der Waals surface area contributed by atoms with Gasteiger partial charge in [-0.05, 0) is 89.9 Å². The van der Waals surface area contributed by atoms with Crippen molar-refractivity contribution in [3.63, 3.8) is 0 Å². The second-order valence-electron chi connectivity index (χ2n) is 16.8. The molecule has 0 saturated carbocycles. The number of aliphatic hydroxyl groups is 2. The van der Waals surface area contributed by atoms with Crippen LogP contribution < -0.4 is 0 Å². The highest BCUT2D eigenvalue weighted by molar-refractivity contribution is 7.47. The lowest BCUT2D eigenvalue weighted by molar-refractivity contribution is -0.154. The predicted octanol–water partition coefficient (Wildman–Crippen LogP) is 15.0. The molecule has 0 aromatic rings. The number of phosphoric acid groups is 1. The van der Waals surface area contributed by atoms with Crippen LogP contribution in [-0.4, -0.2) is 66.3 Å². The average molecular weight is 919 g/mol. The Kier molecular flexibility index (Phi) is 48.2. The molecule has 370 valence electrons. The van der Waals surface area contributed by atoms with E-state index in [0.29, 0.717) is 13.0 Å². The number of rotatable bonds is 48. The molecular formula is C54H95O9P. The van der Waals surface area contributed by atoms with Gasteiger partial charge < -0.3 is 24.6 Å². The maximum atomic E-state index is 12.7. The van der Waals surface area contributed by atoms with Crippen LogP contribution in [0.4, 0.5) is 0 Å². The first kappa shape index (κ1) is 61.6. The minimum absolute atomic E-state index is 0.0305. The Bertz CT molecular complexity index is 1270. The second-order valence-corrected chi connectivity index (χ2v) is 18.3. The fourth-order valence-electron chi connectivity index (χ4n) is 6.71. The molecule has 0 heterocycles. The first-order valence-electron chi connectivity index (χ1n) is 25.6. The molecule has 0 fully saturated rings. The second kappa shape index (κ2) is 50.1. The fraction of sp³-hybridized carbons (Fsp3) is 0.722. The molecule has 64 heavy (non-hydrogen) atoms. The number of carbonyl (C=O) groups is 1. The molecule has 0 spiro atoms. The van der Waals surface area contributed by atoms with Crippen LogP contribution in [-0.2, 0) is 27.9 Å². The summed E-state index contributed by atoms with van der Waals surface area (Å²) in [6.07, 6.45) is 62.7. The quantitative estimate of drug-likeness (QED) is 0.0236. The number of unbranched alkanes of at least 4 members (excludes halogenated alkanes) is 20. The van der Waals surface area contributed by atoms with Gasteiger partial charge in [-0.3, -0.25) is 13.8 Å². The monoisotopic (exact) mass is 919 g/mol. The van der Waals surface area contributed by atoms with Crippen molar-refractivity contribution in [1.29, 1.82) is 0 Å². The van der Waals surface area contributed by atoms with Crippen LogP contribution in [0.15, 0.2) is 85.1 Å². The van der Waals surface area contributed by atoms with Gasteiger partial charge in [-0.25, -0.2) is 4.57 Å². The van der Waals surface area contributed by atoms with Crippen molar-refractivity contribution in [2.24, 2.45) is 0 Å². The number of ether oxygens (including phenoxy) is 2. The lowest BCUT2D eigenvalue weighted by Gasteiger charge is -2.20. The minimum atomic E-state index is -4.54. The van der Waals surface area contributed by atoms with Crippen molar-refractivity contribution in [3.8, 4) is 0 Å². The van der Waals surface area contributed by atoms with Gasteiger partial charge >= 0.3 is 13.8 Å². The Labute approximate surface area is 392 Å². The number of allylic oxidation sites excluding steroid dienone is 14. The van der Waals surface area contributed by atoms with Gasteiger partial charge in [0, 0.05) is 13.0 Å². The maximum Gasteiger partial charge on any atom is 0.472 e. The van der Waals surface area contributed by atoms with Crippen molar-refractivity contribution < 1.29 is 43.0 Å². The number of carbonyl (C=O) groups excluding carboxylic acids is 1. The van der Waals surface area contributed by atoms with Crippen molar-refractivity contribution in [3.05, 3.63) is 85.1 Å². The summed E-state index contributed by atoms with van der Waals surface area (Å²) in [5, 5.41) is 18.4. The van der Waals surface area contributed by atoms with E-state index >= 15 is 0 Å². The van der Waals surface area contributed by atoms with E-state index in [9.17, 15) is 19.4 Å². The van der Waals surface area contributed by atoms with Crippen molar-refractivity contribution >= 4 is 13.8 Å². The van der Waals surface area contributed by atoms with E-state index in [1.54, 1.807) is 0 Å². The molecule has 0 aromatic carbocycles. The molecule has 0 bridgehead atoms. The zero-order chi connectivity index (χ0) is 46.7. The highest BCUT2D eigenvalue weighted by atomic mass is 31.2. The summed E-state index contributed by atoms with van der Waals surface area (Å²) in [4.78, 5) is 22.7. The third kappa shape index (κ3) is 49.1. The van der Waals surface area contributed by atoms with Crippen molar-refractivity contribution in [2.75, 3.05) is 33.0 Å². The van der Waals surface area contributed by atoms with Gasteiger partial charge in [-0.1, -0.05) is 195 Å². The zero-order valence-electron chi connectivity index (χ0n) is 40.7. The van der Waals surface area contributed by atoms with Crippen LogP contribution in [0.25, 0.3) is 0 Å². The van der Waals surface area contributed by atoms with Crippen LogP contribution in [0.3, 0.4) is 0 Å². The minimum Gasteiger partial charge on any atom is -0.457 e. The summed E-state index contributed by atoms with van der Waals surface area (Å²) >= 11 is 0. The molecule has 9 nitrogen and oxygen atoms in total. The topological polar surface area (TPSA) is 132 Å². The molecule has 3 N–H and O–H groups in total. The Morgan fingerprint density at radius 1 is 0.500 bits per heavy atom. The third-order valence-electron chi connectivity index (χ3n) is 10.6. The van der Waals surface area contributed by atoms with Crippen molar-refractivity contribution in [2.45, 2.75) is 219 Å². The van der Waals surface area contributed by atoms with E-state index in [2.05, 4.69) is 98.9 Å². The van der Waals surface area contributed by atoms with Gasteiger partial charge in [-0.2, -0.15) is 0 Å². The van der Waals surface area contributed by atoms with Crippen LogP contribution in [0.5, 0.6) is 0 Å². The van der Waals surface area contributed by atoms with Crippen molar-refractivity contribution in [1.82, 2.24) is 0 Å². The molecule has 3 unspecified atom stereocenters. The van der Waals surface area contributed by atoms with Gasteiger partial charge in [0.1, 0.15) is 12.2 Å². The Balaban J connectivity index is 4.13. The summed E-state index contributed by atoms with van der Waals surface area (Å²) in [5.41, 5.74) is 0. The highest BCUT2D eigenvalue weighted by Gasteiger charge is 2.26. The molecule has 0 rings (SSSR count). The van der Waals surface area contributed by atoms with E-state index in [0.717, 1.165) is 77.0 Å². The molecule has 0 aliphatic carbocycles. The van der Waals surface area contributed by atoms with Crippen LogP contribution in [0.1, 0.15) is 206 Å². The summed E-state index contributed by atoms with van der Waals surface area (Å²) in [5.74, 6) is -0.415. The smallest absolute Gasteiger partial charge is 0.457 e. The largest absolute Gasteiger partial charge is 0.472 e. The van der Waals surface area contributed by atoms with Crippen LogP contribution in [0.2, 0.25) is 0 Å². The van der Waals surface area contributed by atoms with Gasteiger partial charge in [0.15, 0.2) is 0 Å². The first-order chi connectivity index (χ1) is 31.3. The Morgan fingerprint density at radius 3 is 1.34 bits per heavy atom. The lowest BCUT2D eigenvalue weighted by Crippen LogP contribution is -2.29. The fourth-order valence-corrected chi connectivity index (χ4v) is 7.50. The zero-order valence-corrected chi connectivity index (χ0v) is 41.6. The number of hydrogen-bond acceptors (Lipinski definition) is 8. The molecule has 0 aliphatic rings. The van der Waals surface area contributed by atoms with Gasteiger partial charge in [-0.15, -0.1) is 0 Å². The Hall–Kier alpha value is -2.36. The molecule has 0 amide bonds. The molecule has 0 aliphatic heterocycles. The Morgan fingerprint density at radius 2 is 0.891 bits per heavy atom. The average Bonchev–Trinajstić information content (AvgIpc) is 3.29. The van der Waals surface area contributed by atoms with Crippen LogP contribution >= 0.6 is 7.82 Å². The number of aliphatic hydroxyl groups excluding tert-OH is 2. The lowest BCUT2D eigenvalue weighted by atomic mass is 10.0. The number of phosphoric ester groups is 1. The first-order valence-corrected chi connectivity index (χ1v) is 27.1. The number of hydrogen-bond donors (Lipinski definition) is 3. The van der Waals surface area contributed by atoms with Gasteiger partial charge in [0.2, 0.25) is 0 Å². The van der Waals surface area contributed by atoms with E-state index in [1.165, 1.54) is 103 Å². The summed E-state index contributed by atoms with van der Waals surface area (Å²) in [6, 6.07) is 0. The summed E-state index contributed by atoms with van der Waals surface area (Å²) < 4.78 is 33.5. The van der Waals surface area contributed by atoms with Crippen LogP contribution in [0, 0.1) is 0 Å². The van der Waals surface area contributed by atoms with Gasteiger partial charge in [0.25, 0.3) is 0 Å². The molecule has 0 aromatic heterocycles.